The summed E-state index contributed by atoms with van der Waals surface area (Å²) in [4.78, 5) is 14.4. The van der Waals surface area contributed by atoms with Gasteiger partial charge in [0.05, 0.1) is 18.6 Å². The van der Waals surface area contributed by atoms with Gasteiger partial charge in [0, 0.05) is 20.2 Å². The predicted molar refractivity (Wildman–Crippen MR) is 70.4 cm³/mol. The number of ether oxygens (including phenoxy) is 1. The molecule has 106 valence electrons. The van der Waals surface area contributed by atoms with E-state index >= 15 is 0 Å². The van der Waals surface area contributed by atoms with Gasteiger partial charge in [-0.05, 0) is 32.4 Å². The molecule has 0 radical (unpaired) electrons. The highest BCUT2D eigenvalue weighted by molar-refractivity contribution is 5.83. The lowest BCUT2D eigenvalue weighted by Gasteiger charge is -2.39. The van der Waals surface area contributed by atoms with Crippen LogP contribution in [0.2, 0.25) is 0 Å². The number of aliphatic hydroxyl groups is 1. The van der Waals surface area contributed by atoms with Crippen molar-refractivity contribution in [3.63, 3.8) is 0 Å². The molecule has 0 spiro atoms. The van der Waals surface area contributed by atoms with Crippen LogP contribution in [0.1, 0.15) is 26.2 Å². The Hall–Kier alpha value is -0.650. The summed E-state index contributed by atoms with van der Waals surface area (Å²) in [6, 6.07) is 0. The number of carbonyl (C=O) groups excluding carboxylic acids is 1. The van der Waals surface area contributed by atoms with Gasteiger partial charge >= 0.3 is 0 Å². The Morgan fingerprint density at radius 1 is 1.39 bits per heavy atom. The standard InChI is InChI=1S/C13H26N2O3/c1-3-13(4-6-14-7-5-13)12(17)15(8-10-16)9-11-18-2/h14,16H,3-11H2,1-2H3. The van der Waals surface area contributed by atoms with Gasteiger partial charge in [-0.15, -0.1) is 0 Å². The second-order valence-corrected chi connectivity index (χ2v) is 4.89. The maximum atomic E-state index is 12.7. The van der Waals surface area contributed by atoms with Crippen LogP contribution >= 0.6 is 0 Å². The smallest absolute Gasteiger partial charge is 0.229 e. The molecule has 0 aromatic rings. The van der Waals surface area contributed by atoms with Gasteiger partial charge in [-0.25, -0.2) is 0 Å². The van der Waals surface area contributed by atoms with E-state index in [-0.39, 0.29) is 17.9 Å². The number of hydrogen-bond donors (Lipinski definition) is 2. The van der Waals surface area contributed by atoms with Crippen molar-refractivity contribution in [2.24, 2.45) is 5.41 Å². The number of rotatable bonds is 7. The van der Waals surface area contributed by atoms with Crippen molar-refractivity contribution in [2.45, 2.75) is 26.2 Å². The first kappa shape index (κ1) is 15.4. The monoisotopic (exact) mass is 258 g/mol. The molecule has 5 nitrogen and oxygen atoms in total. The number of nitrogens with zero attached hydrogens (tertiary/aromatic N) is 1. The number of hydrogen-bond acceptors (Lipinski definition) is 4. The molecule has 5 heteroatoms. The highest BCUT2D eigenvalue weighted by atomic mass is 16.5. The molecule has 0 aromatic heterocycles. The van der Waals surface area contributed by atoms with Crippen molar-refractivity contribution >= 4 is 5.91 Å². The molecule has 0 saturated carbocycles. The largest absolute Gasteiger partial charge is 0.395 e. The van der Waals surface area contributed by atoms with E-state index in [9.17, 15) is 4.79 Å². The molecule has 1 rings (SSSR count). The number of piperidine rings is 1. The third-order valence-corrected chi connectivity index (χ3v) is 3.91. The van der Waals surface area contributed by atoms with Gasteiger partial charge in [0.25, 0.3) is 0 Å². The normalized spacial score (nSPS) is 18.6. The summed E-state index contributed by atoms with van der Waals surface area (Å²) in [6.07, 6.45) is 2.64. The topological polar surface area (TPSA) is 61.8 Å². The van der Waals surface area contributed by atoms with E-state index in [1.54, 1.807) is 12.0 Å². The quantitative estimate of drug-likeness (QED) is 0.686. The lowest BCUT2D eigenvalue weighted by atomic mass is 9.75. The minimum atomic E-state index is -0.242. The van der Waals surface area contributed by atoms with Crippen molar-refractivity contribution in [3.05, 3.63) is 0 Å². The van der Waals surface area contributed by atoms with Crippen LogP contribution in [0.3, 0.4) is 0 Å². The van der Waals surface area contributed by atoms with Gasteiger partial charge in [-0.1, -0.05) is 6.92 Å². The summed E-state index contributed by atoms with van der Waals surface area (Å²) in [5, 5.41) is 12.4. The molecule has 0 atom stereocenters. The van der Waals surface area contributed by atoms with Crippen molar-refractivity contribution in [1.29, 1.82) is 0 Å². The molecule has 0 aliphatic carbocycles. The Kier molecular flexibility index (Phi) is 6.60. The summed E-state index contributed by atoms with van der Waals surface area (Å²) in [5.74, 6) is 0.178. The van der Waals surface area contributed by atoms with E-state index in [1.165, 1.54) is 0 Å². The SMILES string of the molecule is CCC1(C(=O)N(CCO)CCOC)CCNCC1. The summed E-state index contributed by atoms with van der Waals surface area (Å²) >= 11 is 0. The molecular formula is C13H26N2O3. The Morgan fingerprint density at radius 2 is 2.06 bits per heavy atom. The van der Waals surface area contributed by atoms with E-state index < -0.39 is 0 Å². The average Bonchev–Trinajstić information content (AvgIpc) is 2.43. The van der Waals surface area contributed by atoms with Gasteiger partial charge in [-0.3, -0.25) is 4.79 Å². The van der Waals surface area contributed by atoms with Crippen LogP contribution in [0.15, 0.2) is 0 Å². The number of methoxy groups -OCH3 is 1. The third kappa shape index (κ3) is 3.67. The summed E-state index contributed by atoms with van der Waals surface area (Å²) in [6.45, 7) is 5.37. The first-order valence-corrected chi connectivity index (χ1v) is 6.80. The highest BCUT2D eigenvalue weighted by Gasteiger charge is 2.40. The van der Waals surface area contributed by atoms with Crippen molar-refractivity contribution < 1.29 is 14.6 Å². The molecule has 1 aliphatic rings. The summed E-state index contributed by atoms with van der Waals surface area (Å²) in [7, 11) is 1.63. The lowest BCUT2D eigenvalue weighted by Crippen LogP contribution is -2.50. The van der Waals surface area contributed by atoms with Gasteiger partial charge in [0.15, 0.2) is 0 Å². The predicted octanol–water partition coefficient (Wildman–Crippen LogP) is 0.234. The number of amides is 1. The minimum Gasteiger partial charge on any atom is -0.395 e. The summed E-state index contributed by atoms with van der Waals surface area (Å²) < 4.78 is 5.03. The lowest BCUT2D eigenvalue weighted by molar-refractivity contribution is -0.145. The Bertz CT molecular complexity index is 253. The van der Waals surface area contributed by atoms with Crippen LogP contribution in [-0.2, 0) is 9.53 Å². The summed E-state index contributed by atoms with van der Waals surface area (Å²) in [5.41, 5.74) is -0.242. The minimum absolute atomic E-state index is 0.00744. The zero-order chi connectivity index (χ0) is 13.4. The van der Waals surface area contributed by atoms with Crippen molar-refractivity contribution in [2.75, 3.05) is 46.5 Å². The molecule has 1 heterocycles. The zero-order valence-corrected chi connectivity index (χ0v) is 11.6. The molecular weight excluding hydrogens is 232 g/mol. The Labute approximate surface area is 109 Å². The van der Waals surface area contributed by atoms with Crippen LogP contribution < -0.4 is 5.32 Å². The highest BCUT2D eigenvalue weighted by Crippen LogP contribution is 2.34. The molecule has 0 bridgehead atoms. The molecule has 1 amide bonds. The molecule has 1 saturated heterocycles. The number of carbonyl (C=O) groups is 1. The molecule has 0 aromatic carbocycles. The van der Waals surface area contributed by atoms with Crippen molar-refractivity contribution in [3.8, 4) is 0 Å². The molecule has 0 unspecified atom stereocenters. The number of aliphatic hydroxyl groups excluding tert-OH is 1. The van der Waals surface area contributed by atoms with E-state index in [1.807, 2.05) is 0 Å². The molecule has 18 heavy (non-hydrogen) atoms. The second-order valence-electron chi connectivity index (χ2n) is 4.89. The average molecular weight is 258 g/mol. The zero-order valence-electron chi connectivity index (χ0n) is 11.6. The maximum absolute atomic E-state index is 12.7. The fourth-order valence-corrected chi connectivity index (χ4v) is 2.60. The fraction of sp³-hybridized carbons (Fsp3) is 0.923. The fourth-order valence-electron chi connectivity index (χ4n) is 2.60. The van der Waals surface area contributed by atoms with Crippen LogP contribution in [0, 0.1) is 5.41 Å². The van der Waals surface area contributed by atoms with Crippen molar-refractivity contribution in [1.82, 2.24) is 10.2 Å². The van der Waals surface area contributed by atoms with Gasteiger partial charge in [-0.2, -0.15) is 0 Å². The van der Waals surface area contributed by atoms with Crippen LogP contribution in [0.4, 0.5) is 0 Å². The van der Waals surface area contributed by atoms with Crippen LogP contribution in [0.25, 0.3) is 0 Å². The van der Waals surface area contributed by atoms with E-state index in [0.717, 1.165) is 32.4 Å². The van der Waals surface area contributed by atoms with E-state index in [2.05, 4.69) is 12.2 Å². The molecule has 1 aliphatic heterocycles. The van der Waals surface area contributed by atoms with E-state index in [4.69, 9.17) is 9.84 Å². The Balaban J connectivity index is 2.71. The van der Waals surface area contributed by atoms with Gasteiger partial charge < -0.3 is 20.1 Å². The maximum Gasteiger partial charge on any atom is 0.229 e. The Morgan fingerprint density at radius 3 is 2.56 bits per heavy atom. The van der Waals surface area contributed by atoms with E-state index in [0.29, 0.717) is 19.7 Å². The van der Waals surface area contributed by atoms with Crippen LogP contribution in [-0.4, -0.2) is 62.4 Å². The molecule has 1 fully saturated rings. The first-order valence-electron chi connectivity index (χ1n) is 6.80. The van der Waals surface area contributed by atoms with Crippen LogP contribution in [0.5, 0.6) is 0 Å². The van der Waals surface area contributed by atoms with Gasteiger partial charge in [0.1, 0.15) is 0 Å². The number of nitrogens with one attached hydrogen (secondary N) is 1. The first-order chi connectivity index (χ1) is 8.70. The second kappa shape index (κ2) is 7.71. The third-order valence-electron chi connectivity index (χ3n) is 3.91. The van der Waals surface area contributed by atoms with Gasteiger partial charge in [0.2, 0.25) is 5.91 Å². The molecule has 2 N–H and O–H groups in total.